The van der Waals surface area contributed by atoms with Crippen LogP contribution in [0.1, 0.15) is 16.7 Å². The van der Waals surface area contributed by atoms with Gasteiger partial charge in [0.15, 0.2) is 0 Å². The van der Waals surface area contributed by atoms with E-state index >= 15 is 0 Å². The Balaban J connectivity index is 1.99. The number of aryl methyl sites for hydroxylation is 2. The Morgan fingerprint density at radius 2 is 1.80 bits per heavy atom. The minimum absolute atomic E-state index is 0.0317. The van der Waals surface area contributed by atoms with Crippen LogP contribution in [0.15, 0.2) is 42.7 Å². The fourth-order valence-corrected chi connectivity index (χ4v) is 2.79. The first kappa shape index (κ1) is 21.3. The maximum atomic E-state index is 12.9. The number of hydrogen-bond donors (Lipinski definition) is 1. The maximum Gasteiger partial charge on any atom is 0.416 e. The molecule has 0 unspecified atom stereocenters. The lowest BCUT2D eigenvalue weighted by molar-refractivity contribution is -0.385. The molecule has 0 atom stereocenters. The molecule has 3 rings (SSSR count). The second kappa shape index (κ2) is 8.15. The van der Waals surface area contributed by atoms with E-state index in [0.29, 0.717) is 16.1 Å². The molecule has 30 heavy (non-hydrogen) atoms. The third-order valence-corrected chi connectivity index (χ3v) is 4.64. The molecule has 1 N–H and O–H groups in total. The van der Waals surface area contributed by atoms with Gasteiger partial charge in [0.2, 0.25) is 5.82 Å². The van der Waals surface area contributed by atoms with Gasteiger partial charge in [-0.15, -0.1) is 0 Å². The van der Waals surface area contributed by atoms with E-state index in [9.17, 15) is 23.3 Å². The molecule has 3 aromatic rings. The van der Waals surface area contributed by atoms with Crippen molar-refractivity contribution in [1.82, 2.24) is 9.97 Å². The highest BCUT2D eigenvalue weighted by Gasteiger charge is 2.31. The second-order valence-electron chi connectivity index (χ2n) is 6.31. The Bertz CT molecular complexity index is 1100. The Kier molecular flexibility index (Phi) is 5.79. The molecule has 0 bridgehead atoms. The van der Waals surface area contributed by atoms with E-state index in [0.717, 1.165) is 18.5 Å². The number of halogens is 4. The minimum Gasteiger partial charge on any atom is -0.434 e. The number of anilines is 2. The average Bonchev–Trinajstić information content (AvgIpc) is 2.65. The lowest BCUT2D eigenvalue weighted by Gasteiger charge is -2.12. The summed E-state index contributed by atoms with van der Waals surface area (Å²) in [7, 11) is 0. The predicted molar refractivity (Wildman–Crippen MR) is 104 cm³/mol. The van der Waals surface area contributed by atoms with E-state index in [1.54, 1.807) is 26.0 Å². The van der Waals surface area contributed by atoms with Crippen LogP contribution in [-0.4, -0.2) is 14.9 Å². The van der Waals surface area contributed by atoms with Crippen LogP contribution in [0, 0.1) is 24.0 Å². The van der Waals surface area contributed by atoms with Crippen molar-refractivity contribution in [2.45, 2.75) is 20.0 Å². The molecular formula is C19H14ClF3N4O3. The summed E-state index contributed by atoms with van der Waals surface area (Å²) in [6.45, 7) is 3.49. The normalized spacial score (nSPS) is 11.3. The van der Waals surface area contributed by atoms with Gasteiger partial charge in [-0.1, -0.05) is 17.7 Å². The fourth-order valence-electron chi connectivity index (χ4n) is 2.68. The molecule has 11 heteroatoms. The highest BCUT2D eigenvalue weighted by atomic mass is 35.5. The molecule has 0 aliphatic carbocycles. The third kappa shape index (κ3) is 4.60. The molecule has 0 spiro atoms. The van der Waals surface area contributed by atoms with Crippen LogP contribution < -0.4 is 10.1 Å². The van der Waals surface area contributed by atoms with E-state index in [-0.39, 0.29) is 23.1 Å². The Morgan fingerprint density at radius 3 is 2.40 bits per heavy atom. The summed E-state index contributed by atoms with van der Waals surface area (Å²) in [4.78, 5) is 18.5. The summed E-state index contributed by atoms with van der Waals surface area (Å²) in [6, 6.07) is 7.38. The topological polar surface area (TPSA) is 90.2 Å². The number of aromatic nitrogens is 2. The summed E-state index contributed by atoms with van der Waals surface area (Å²) in [5.74, 6) is -0.418. The zero-order valence-corrected chi connectivity index (χ0v) is 16.4. The molecule has 156 valence electrons. The molecule has 1 aromatic heterocycles. The smallest absolute Gasteiger partial charge is 0.416 e. The number of nitro groups is 1. The summed E-state index contributed by atoms with van der Waals surface area (Å²) in [6.07, 6.45) is -3.55. The van der Waals surface area contributed by atoms with Gasteiger partial charge in [0.05, 0.1) is 10.5 Å². The molecule has 0 saturated carbocycles. The van der Waals surface area contributed by atoms with Gasteiger partial charge >= 0.3 is 17.7 Å². The molecule has 0 aliphatic rings. The van der Waals surface area contributed by atoms with Crippen LogP contribution in [0.4, 0.5) is 30.4 Å². The van der Waals surface area contributed by atoms with Crippen LogP contribution in [-0.2, 0) is 6.18 Å². The molecule has 0 aliphatic heterocycles. The Morgan fingerprint density at radius 1 is 1.13 bits per heavy atom. The zero-order chi connectivity index (χ0) is 22.1. The molecule has 1 heterocycles. The number of rotatable bonds is 5. The number of nitrogens with one attached hydrogen (secondary N) is 1. The number of benzene rings is 2. The number of ether oxygens (including phenoxy) is 1. The van der Waals surface area contributed by atoms with Crippen LogP contribution >= 0.6 is 11.6 Å². The molecule has 0 amide bonds. The minimum atomic E-state index is -4.56. The maximum absolute atomic E-state index is 12.9. The van der Waals surface area contributed by atoms with Gasteiger partial charge in [-0.25, -0.2) is 4.98 Å². The van der Waals surface area contributed by atoms with Crippen LogP contribution in [0.5, 0.6) is 11.6 Å². The molecule has 7 nitrogen and oxygen atoms in total. The number of nitrogens with zero attached hydrogens (tertiary/aromatic N) is 3. The largest absolute Gasteiger partial charge is 0.434 e. The van der Waals surface area contributed by atoms with E-state index in [1.165, 1.54) is 12.1 Å². The lowest BCUT2D eigenvalue weighted by Crippen LogP contribution is -2.07. The third-order valence-electron chi connectivity index (χ3n) is 4.05. The Hall–Kier alpha value is -3.40. The highest BCUT2D eigenvalue weighted by molar-refractivity contribution is 6.32. The van der Waals surface area contributed by atoms with Crippen LogP contribution in [0.25, 0.3) is 0 Å². The van der Waals surface area contributed by atoms with E-state index < -0.39 is 22.4 Å². The van der Waals surface area contributed by atoms with Crippen molar-refractivity contribution < 1.29 is 22.8 Å². The van der Waals surface area contributed by atoms with E-state index in [2.05, 4.69) is 15.3 Å². The summed E-state index contributed by atoms with van der Waals surface area (Å²) in [5.41, 5.74) is -0.167. The molecule has 2 aromatic carbocycles. The van der Waals surface area contributed by atoms with Gasteiger partial charge in [-0.05, 0) is 55.3 Å². The first-order chi connectivity index (χ1) is 14.1. The first-order valence-electron chi connectivity index (χ1n) is 8.44. The van der Waals surface area contributed by atoms with Crippen molar-refractivity contribution in [2.24, 2.45) is 0 Å². The summed E-state index contributed by atoms with van der Waals surface area (Å²) in [5, 5.41) is 14.7. The lowest BCUT2D eigenvalue weighted by atomic mass is 10.1. The first-order valence-corrected chi connectivity index (χ1v) is 8.82. The van der Waals surface area contributed by atoms with Gasteiger partial charge in [-0.3, -0.25) is 10.1 Å². The van der Waals surface area contributed by atoms with Crippen molar-refractivity contribution in [3.63, 3.8) is 0 Å². The molecular weight excluding hydrogens is 425 g/mol. The zero-order valence-electron chi connectivity index (χ0n) is 15.6. The van der Waals surface area contributed by atoms with Crippen molar-refractivity contribution in [2.75, 3.05) is 5.32 Å². The molecule has 0 fully saturated rings. The second-order valence-corrected chi connectivity index (χ2v) is 6.69. The van der Waals surface area contributed by atoms with Crippen molar-refractivity contribution in [1.29, 1.82) is 0 Å². The fraction of sp³-hybridized carbons (Fsp3) is 0.158. The van der Waals surface area contributed by atoms with Gasteiger partial charge in [-0.2, -0.15) is 18.2 Å². The monoisotopic (exact) mass is 438 g/mol. The van der Waals surface area contributed by atoms with E-state index in [4.69, 9.17) is 16.3 Å². The number of hydrogen-bond acceptors (Lipinski definition) is 6. The highest BCUT2D eigenvalue weighted by Crippen LogP contribution is 2.38. The summed E-state index contributed by atoms with van der Waals surface area (Å²) < 4.78 is 44.3. The van der Waals surface area contributed by atoms with Crippen LogP contribution in [0.3, 0.4) is 0 Å². The van der Waals surface area contributed by atoms with E-state index in [1.807, 2.05) is 0 Å². The molecule has 0 saturated heterocycles. The van der Waals surface area contributed by atoms with Crippen molar-refractivity contribution in [3.05, 3.63) is 74.6 Å². The Labute approximate surface area is 173 Å². The van der Waals surface area contributed by atoms with Crippen LogP contribution in [0.2, 0.25) is 5.02 Å². The predicted octanol–water partition coefficient (Wildman–Crippen LogP) is 6.21. The quantitative estimate of drug-likeness (QED) is 0.376. The van der Waals surface area contributed by atoms with Crippen molar-refractivity contribution in [3.8, 4) is 11.6 Å². The standard InChI is InChI=1S/C19H14ClF3N4O3/c1-10-6-14(7-11(2)15(10)20)30-18-16(27(28)29)17(24-9-25-18)26-13-5-3-4-12(8-13)19(21,22)23/h3-9H,1-2H3,(H,24,25,26). The SMILES string of the molecule is Cc1cc(Oc2ncnc(Nc3cccc(C(F)(F)F)c3)c2[N+](=O)[O-])cc(C)c1Cl. The van der Waals surface area contributed by atoms with Gasteiger partial charge in [0, 0.05) is 10.7 Å². The van der Waals surface area contributed by atoms with Gasteiger partial charge in [0.1, 0.15) is 12.1 Å². The number of alkyl halides is 3. The average molecular weight is 439 g/mol. The summed E-state index contributed by atoms with van der Waals surface area (Å²) >= 11 is 6.12. The molecule has 0 radical (unpaired) electrons. The van der Waals surface area contributed by atoms with Crippen molar-refractivity contribution >= 4 is 28.8 Å². The van der Waals surface area contributed by atoms with Gasteiger partial charge < -0.3 is 10.1 Å². The van der Waals surface area contributed by atoms with Gasteiger partial charge in [0.25, 0.3) is 0 Å².